The lowest BCUT2D eigenvalue weighted by Gasteiger charge is -2.34. The molecular formula is C20H28N4O2. The van der Waals surface area contributed by atoms with Crippen LogP contribution in [0.15, 0.2) is 42.7 Å². The van der Waals surface area contributed by atoms with Gasteiger partial charge >= 0.3 is 0 Å². The fraction of sp³-hybridized carbons (Fsp3) is 0.500. The zero-order valence-corrected chi connectivity index (χ0v) is 15.4. The van der Waals surface area contributed by atoms with Gasteiger partial charge in [-0.05, 0) is 37.1 Å². The number of nitrogens with one attached hydrogen (secondary N) is 1. The largest absolute Gasteiger partial charge is 0.378 e. The number of para-hydroxylation sites is 1. The van der Waals surface area contributed by atoms with E-state index in [-0.39, 0.29) is 11.9 Å². The lowest BCUT2D eigenvalue weighted by atomic mass is 10.2. The molecule has 1 aliphatic rings. The van der Waals surface area contributed by atoms with Crippen molar-refractivity contribution in [3.8, 4) is 5.69 Å². The number of aromatic nitrogens is 2. The van der Waals surface area contributed by atoms with E-state index in [1.54, 1.807) is 0 Å². The summed E-state index contributed by atoms with van der Waals surface area (Å²) in [6, 6.07) is 9.85. The number of nitrogens with zero attached hydrogens (tertiary/aromatic N) is 3. The van der Waals surface area contributed by atoms with Gasteiger partial charge in [-0.2, -0.15) is 5.10 Å². The maximum absolute atomic E-state index is 12.5. The molecule has 1 aromatic carbocycles. The van der Waals surface area contributed by atoms with Crippen molar-refractivity contribution in [1.82, 2.24) is 20.0 Å². The van der Waals surface area contributed by atoms with Crippen LogP contribution < -0.4 is 5.32 Å². The molecule has 6 nitrogen and oxygen atoms in total. The second kappa shape index (κ2) is 9.50. The molecule has 1 aliphatic heterocycles. The van der Waals surface area contributed by atoms with Gasteiger partial charge in [0, 0.05) is 19.3 Å². The Kier molecular flexibility index (Phi) is 6.80. The highest BCUT2D eigenvalue weighted by Gasteiger charge is 2.28. The van der Waals surface area contributed by atoms with Gasteiger partial charge in [-0.1, -0.05) is 31.5 Å². The summed E-state index contributed by atoms with van der Waals surface area (Å²) in [6.07, 6.45) is 6.88. The van der Waals surface area contributed by atoms with Crippen LogP contribution in [-0.2, 0) is 16.0 Å². The molecule has 2 aromatic rings. The lowest BCUT2D eigenvalue weighted by Crippen LogP contribution is -2.54. The molecule has 1 amide bonds. The Bertz CT molecular complexity index is 686. The van der Waals surface area contributed by atoms with Crippen LogP contribution in [0.25, 0.3) is 5.69 Å². The van der Waals surface area contributed by atoms with Crippen molar-refractivity contribution in [2.24, 2.45) is 0 Å². The van der Waals surface area contributed by atoms with Crippen LogP contribution in [0.4, 0.5) is 0 Å². The Morgan fingerprint density at radius 1 is 1.35 bits per heavy atom. The number of rotatable bonds is 8. The minimum Gasteiger partial charge on any atom is -0.378 e. The van der Waals surface area contributed by atoms with Gasteiger partial charge in [0.05, 0.1) is 25.1 Å². The van der Waals surface area contributed by atoms with Crippen LogP contribution in [-0.4, -0.2) is 59.5 Å². The third kappa shape index (κ3) is 4.93. The maximum atomic E-state index is 12.5. The van der Waals surface area contributed by atoms with Crippen LogP contribution >= 0.6 is 0 Å². The van der Waals surface area contributed by atoms with Gasteiger partial charge in [-0.3, -0.25) is 9.69 Å². The van der Waals surface area contributed by atoms with Crippen molar-refractivity contribution in [2.75, 3.05) is 32.8 Å². The molecule has 1 unspecified atom stereocenters. The van der Waals surface area contributed by atoms with E-state index >= 15 is 0 Å². The van der Waals surface area contributed by atoms with Crippen molar-refractivity contribution >= 4 is 5.91 Å². The van der Waals surface area contributed by atoms with Crippen molar-refractivity contribution in [3.63, 3.8) is 0 Å². The number of carbonyl (C=O) groups excluding carboxylic acids is 1. The summed E-state index contributed by atoms with van der Waals surface area (Å²) >= 11 is 0. The lowest BCUT2D eigenvalue weighted by molar-refractivity contribution is -0.132. The van der Waals surface area contributed by atoms with Crippen molar-refractivity contribution in [3.05, 3.63) is 48.3 Å². The summed E-state index contributed by atoms with van der Waals surface area (Å²) in [5.74, 6) is 0.0660. The van der Waals surface area contributed by atoms with Crippen molar-refractivity contribution in [1.29, 1.82) is 0 Å². The molecule has 140 valence electrons. The summed E-state index contributed by atoms with van der Waals surface area (Å²) in [5.41, 5.74) is 2.14. The molecule has 2 heterocycles. The molecule has 26 heavy (non-hydrogen) atoms. The van der Waals surface area contributed by atoms with Crippen LogP contribution in [0.2, 0.25) is 0 Å². The normalized spacial score (nSPS) is 18.0. The monoisotopic (exact) mass is 356 g/mol. The molecule has 1 aromatic heterocycles. The summed E-state index contributed by atoms with van der Waals surface area (Å²) < 4.78 is 7.37. The van der Waals surface area contributed by atoms with Crippen LogP contribution in [0, 0.1) is 0 Å². The minimum atomic E-state index is -0.164. The van der Waals surface area contributed by atoms with Gasteiger partial charge in [0.15, 0.2) is 0 Å². The molecule has 3 rings (SSSR count). The first-order valence-corrected chi connectivity index (χ1v) is 9.46. The molecule has 1 saturated heterocycles. The smallest absolute Gasteiger partial charge is 0.239 e. The van der Waals surface area contributed by atoms with Gasteiger partial charge in [-0.15, -0.1) is 0 Å². The van der Waals surface area contributed by atoms with Crippen LogP contribution in [0.3, 0.4) is 0 Å². The Morgan fingerprint density at radius 2 is 2.19 bits per heavy atom. The second-order valence-electron chi connectivity index (χ2n) is 6.65. The molecule has 0 bridgehead atoms. The Labute approximate surface area is 155 Å². The number of carbonyl (C=O) groups is 1. The first-order valence-electron chi connectivity index (χ1n) is 9.46. The third-order valence-corrected chi connectivity index (χ3v) is 4.71. The summed E-state index contributed by atoms with van der Waals surface area (Å²) in [6.45, 7) is 5.78. The predicted molar refractivity (Wildman–Crippen MR) is 101 cm³/mol. The van der Waals surface area contributed by atoms with Crippen LogP contribution in [0.1, 0.15) is 25.3 Å². The topological polar surface area (TPSA) is 59.4 Å². The minimum absolute atomic E-state index is 0.0660. The number of unbranched alkanes of at least 4 members (excludes halogenated alkanes) is 1. The van der Waals surface area contributed by atoms with E-state index in [1.165, 1.54) is 0 Å². The number of hydrogen-bond acceptors (Lipinski definition) is 4. The maximum Gasteiger partial charge on any atom is 0.239 e. The summed E-state index contributed by atoms with van der Waals surface area (Å²) in [5, 5.41) is 7.45. The molecule has 1 atom stereocenters. The molecule has 6 heteroatoms. The van der Waals surface area contributed by atoms with Crippen LogP contribution in [0.5, 0.6) is 0 Å². The van der Waals surface area contributed by atoms with Gasteiger partial charge in [0.25, 0.3) is 0 Å². The predicted octanol–water partition coefficient (Wildman–Crippen LogP) is 2.03. The first-order chi connectivity index (χ1) is 12.8. The first kappa shape index (κ1) is 18.6. The van der Waals surface area contributed by atoms with E-state index in [0.29, 0.717) is 19.8 Å². The molecular weight excluding hydrogens is 328 g/mol. The average molecular weight is 356 g/mol. The number of benzene rings is 1. The van der Waals surface area contributed by atoms with Gasteiger partial charge < -0.3 is 10.1 Å². The molecule has 0 aliphatic carbocycles. The third-order valence-electron chi connectivity index (χ3n) is 4.71. The van der Waals surface area contributed by atoms with Gasteiger partial charge in [0.1, 0.15) is 6.04 Å². The standard InChI is InChI=1S/C20H28N4O2/c1-2-3-11-23-12-13-26-16-19(23)20(25)21-10-9-17-14-22-24(15-17)18-7-5-4-6-8-18/h4-8,14-15,19H,2-3,9-13,16H2,1H3,(H,21,25). The zero-order chi connectivity index (χ0) is 18.2. The average Bonchev–Trinajstić information content (AvgIpc) is 3.16. The highest BCUT2D eigenvalue weighted by atomic mass is 16.5. The van der Waals surface area contributed by atoms with E-state index in [0.717, 1.165) is 43.6 Å². The summed E-state index contributed by atoms with van der Waals surface area (Å²) in [4.78, 5) is 14.8. The van der Waals surface area contributed by atoms with E-state index in [4.69, 9.17) is 4.74 Å². The highest BCUT2D eigenvalue weighted by Crippen LogP contribution is 2.10. The van der Waals surface area contributed by atoms with Gasteiger partial charge in [0.2, 0.25) is 5.91 Å². The Balaban J connectivity index is 1.48. The molecule has 1 N–H and O–H groups in total. The zero-order valence-electron chi connectivity index (χ0n) is 15.4. The molecule has 0 radical (unpaired) electrons. The Hall–Kier alpha value is -2.18. The second-order valence-corrected chi connectivity index (χ2v) is 6.65. The number of hydrogen-bond donors (Lipinski definition) is 1. The van der Waals surface area contributed by atoms with E-state index in [1.807, 2.05) is 47.4 Å². The fourth-order valence-corrected chi connectivity index (χ4v) is 3.17. The highest BCUT2D eigenvalue weighted by molar-refractivity contribution is 5.82. The van der Waals surface area contributed by atoms with Crippen molar-refractivity contribution < 1.29 is 9.53 Å². The Morgan fingerprint density at radius 3 is 3.00 bits per heavy atom. The molecule has 0 spiro atoms. The molecule has 0 saturated carbocycles. The number of amides is 1. The van der Waals surface area contributed by atoms with Crippen molar-refractivity contribution in [2.45, 2.75) is 32.2 Å². The fourth-order valence-electron chi connectivity index (χ4n) is 3.17. The van der Waals surface area contributed by atoms with E-state index in [2.05, 4.69) is 22.2 Å². The van der Waals surface area contributed by atoms with E-state index in [9.17, 15) is 4.79 Å². The van der Waals surface area contributed by atoms with E-state index < -0.39 is 0 Å². The SMILES string of the molecule is CCCCN1CCOCC1C(=O)NCCc1cnn(-c2ccccc2)c1. The quantitative estimate of drug-likeness (QED) is 0.786. The summed E-state index contributed by atoms with van der Waals surface area (Å²) in [7, 11) is 0. The molecule has 1 fully saturated rings. The number of morpholine rings is 1. The number of ether oxygens (including phenoxy) is 1. The van der Waals surface area contributed by atoms with Gasteiger partial charge in [-0.25, -0.2) is 4.68 Å².